The molecule has 2 heterocycles. The maximum Gasteiger partial charge on any atom is 0.343 e. The average molecular weight is 378 g/mol. The van der Waals surface area contributed by atoms with Gasteiger partial charge in [-0.2, -0.15) is 0 Å². The van der Waals surface area contributed by atoms with E-state index >= 15 is 0 Å². The maximum atomic E-state index is 12.3. The molecule has 1 aliphatic heterocycles. The number of rotatable bonds is 5. The molecule has 0 amide bonds. The quantitative estimate of drug-likeness (QED) is 0.523. The van der Waals surface area contributed by atoms with Gasteiger partial charge in [0.25, 0.3) is 0 Å². The first kappa shape index (κ1) is 18.5. The van der Waals surface area contributed by atoms with Crippen LogP contribution in [0, 0.1) is 4.64 Å². The molecule has 1 saturated heterocycles. The minimum absolute atomic E-state index is 0.0149. The molecule has 3 rings (SSSR count). The van der Waals surface area contributed by atoms with E-state index in [1.54, 1.807) is 0 Å². The Morgan fingerprint density at radius 3 is 2.77 bits per heavy atom. The molecule has 26 heavy (non-hydrogen) atoms. The van der Waals surface area contributed by atoms with Crippen LogP contribution >= 0.6 is 12.2 Å². The van der Waals surface area contributed by atoms with Crippen LogP contribution in [0.3, 0.4) is 0 Å². The number of esters is 1. The number of carbonyl (C=O) groups is 1. The fourth-order valence-corrected chi connectivity index (χ4v) is 2.92. The predicted molar refractivity (Wildman–Crippen MR) is 93.1 cm³/mol. The van der Waals surface area contributed by atoms with Crippen molar-refractivity contribution in [2.75, 3.05) is 6.61 Å². The number of H-pyrrole nitrogens is 1. The summed E-state index contributed by atoms with van der Waals surface area (Å²) in [5.41, 5.74) is 0.253. The van der Waals surface area contributed by atoms with Crippen molar-refractivity contribution < 1.29 is 24.5 Å². The number of hydrogen-bond donors (Lipinski definition) is 3. The lowest BCUT2D eigenvalue weighted by Crippen LogP contribution is -2.29. The summed E-state index contributed by atoms with van der Waals surface area (Å²) in [7, 11) is 0. The zero-order valence-electron chi connectivity index (χ0n) is 13.7. The number of aromatic amines is 1. The molecule has 0 saturated carbocycles. The lowest BCUT2D eigenvalue weighted by molar-refractivity contribution is -0.0460. The minimum atomic E-state index is -0.909. The van der Waals surface area contributed by atoms with Gasteiger partial charge in [-0.15, -0.1) is 0 Å². The zero-order chi connectivity index (χ0) is 18.7. The van der Waals surface area contributed by atoms with Crippen molar-refractivity contribution in [2.24, 2.45) is 0 Å². The third-order valence-electron chi connectivity index (χ3n) is 4.09. The van der Waals surface area contributed by atoms with Gasteiger partial charge < -0.3 is 19.7 Å². The van der Waals surface area contributed by atoms with E-state index in [4.69, 9.17) is 26.8 Å². The lowest BCUT2D eigenvalue weighted by atomic mass is 10.2. The molecule has 9 heteroatoms. The fraction of sp³-hybridized carbons (Fsp3) is 0.353. The summed E-state index contributed by atoms with van der Waals surface area (Å²) in [5, 5.41) is 19.0. The SMILES string of the molecule is O=C(OCc1ccccc1)c1cn([C@H]2C[C@@H](O)[C@H](CO)O2)c(=O)[nH]c1=S. The monoisotopic (exact) mass is 378 g/mol. The minimum Gasteiger partial charge on any atom is -0.457 e. The summed E-state index contributed by atoms with van der Waals surface area (Å²) in [6.45, 7) is -0.306. The number of nitrogens with one attached hydrogen (secondary N) is 1. The first-order chi connectivity index (χ1) is 12.5. The molecule has 0 bridgehead atoms. The van der Waals surface area contributed by atoms with Gasteiger partial charge in [0.2, 0.25) is 0 Å². The van der Waals surface area contributed by atoms with Gasteiger partial charge in [0.15, 0.2) is 0 Å². The second kappa shape index (κ2) is 7.92. The van der Waals surface area contributed by atoms with Gasteiger partial charge in [-0.1, -0.05) is 42.5 Å². The Bertz CT molecular complexity index is 894. The highest BCUT2D eigenvalue weighted by Crippen LogP contribution is 2.27. The predicted octanol–water partition coefficient (Wildman–Crippen LogP) is 0.904. The molecule has 0 aliphatic carbocycles. The molecule has 138 valence electrons. The highest BCUT2D eigenvalue weighted by molar-refractivity contribution is 7.71. The smallest absolute Gasteiger partial charge is 0.343 e. The molecular formula is C17H18N2O6S. The van der Waals surface area contributed by atoms with Crippen LogP contribution in [-0.2, 0) is 16.1 Å². The second-order valence-electron chi connectivity index (χ2n) is 5.89. The van der Waals surface area contributed by atoms with Crippen molar-refractivity contribution in [1.29, 1.82) is 0 Å². The zero-order valence-corrected chi connectivity index (χ0v) is 14.5. The first-order valence-corrected chi connectivity index (χ1v) is 8.41. The third kappa shape index (κ3) is 3.91. The van der Waals surface area contributed by atoms with Crippen molar-refractivity contribution in [2.45, 2.75) is 31.5 Å². The summed E-state index contributed by atoms with van der Waals surface area (Å²) in [4.78, 5) is 26.9. The highest BCUT2D eigenvalue weighted by Gasteiger charge is 2.35. The van der Waals surface area contributed by atoms with Crippen LogP contribution in [0.4, 0.5) is 0 Å². The van der Waals surface area contributed by atoms with Gasteiger partial charge in [0, 0.05) is 12.6 Å². The van der Waals surface area contributed by atoms with Crippen molar-refractivity contribution >= 4 is 18.2 Å². The molecule has 3 N–H and O–H groups in total. The van der Waals surface area contributed by atoms with Crippen molar-refractivity contribution in [1.82, 2.24) is 9.55 Å². The molecule has 2 aromatic rings. The van der Waals surface area contributed by atoms with Crippen LogP contribution in [0.1, 0.15) is 28.6 Å². The summed E-state index contributed by atoms with van der Waals surface area (Å²) in [6.07, 6.45) is -1.15. The second-order valence-corrected chi connectivity index (χ2v) is 6.29. The summed E-state index contributed by atoms with van der Waals surface area (Å²) >= 11 is 5.05. The molecule has 1 fully saturated rings. The standard InChI is InChI=1S/C17H18N2O6S/c20-8-13-12(21)6-14(25-13)19-7-11(15(26)18-17(19)23)16(22)24-9-10-4-2-1-3-5-10/h1-5,7,12-14,20-21H,6,8-9H2,(H,18,23,26)/t12-,13+,14-/m1/s1. The van der Waals surface area contributed by atoms with Gasteiger partial charge in [-0.3, -0.25) is 9.55 Å². The number of ether oxygens (including phenoxy) is 2. The number of nitrogens with zero attached hydrogens (tertiary/aromatic N) is 1. The Balaban J connectivity index is 1.81. The first-order valence-electron chi connectivity index (χ1n) is 8.00. The number of aromatic nitrogens is 2. The summed E-state index contributed by atoms with van der Waals surface area (Å²) in [6, 6.07) is 9.15. The maximum absolute atomic E-state index is 12.3. The lowest BCUT2D eigenvalue weighted by Gasteiger charge is -2.15. The molecular weight excluding hydrogens is 360 g/mol. The Morgan fingerprint density at radius 1 is 1.38 bits per heavy atom. The van der Waals surface area contributed by atoms with Crippen molar-refractivity contribution in [3.05, 3.63) is 62.8 Å². The molecule has 0 radical (unpaired) electrons. The van der Waals surface area contributed by atoms with Crippen LogP contribution in [-0.4, -0.2) is 44.5 Å². The topological polar surface area (TPSA) is 114 Å². The van der Waals surface area contributed by atoms with Crippen LogP contribution in [0.25, 0.3) is 0 Å². The number of aliphatic hydroxyl groups excluding tert-OH is 2. The largest absolute Gasteiger partial charge is 0.457 e. The fourth-order valence-electron chi connectivity index (χ4n) is 2.70. The average Bonchev–Trinajstić information content (AvgIpc) is 3.01. The number of benzene rings is 1. The van der Waals surface area contributed by atoms with E-state index in [1.165, 1.54) is 6.20 Å². The van der Waals surface area contributed by atoms with Crippen LogP contribution in [0.2, 0.25) is 0 Å². The molecule has 8 nitrogen and oxygen atoms in total. The normalized spacial score (nSPS) is 22.3. The Morgan fingerprint density at radius 2 is 2.12 bits per heavy atom. The molecule has 3 atom stereocenters. The van der Waals surface area contributed by atoms with E-state index in [-0.39, 0.29) is 29.8 Å². The van der Waals surface area contributed by atoms with Gasteiger partial charge in [0.05, 0.1) is 12.7 Å². The van der Waals surface area contributed by atoms with Crippen LogP contribution < -0.4 is 5.69 Å². The van der Waals surface area contributed by atoms with Gasteiger partial charge in [0.1, 0.15) is 29.1 Å². The van der Waals surface area contributed by atoms with Crippen LogP contribution in [0.5, 0.6) is 0 Å². The Hall–Kier alpha value is -2.33. The summed E-state index contributed by atoms with van der Waals surface area (Å²) in [5.74, 6) is -0.680. The van der Waals surface area contributed by atoms with E-state index in [0.717, 1.165) is 10.1 Å². The Labute approximate surface area is 153 Å². The number of carbonyl (C=O) groups excluding carboxylic acids is 1. The number of hydrogen-bond acceptors (Lipinski definition) is 7. The van der Waals surface area contributed by atoms with Crippen molar-refractivity contribution in [3.8, 4) is 0 Å². The number of aliphatic hydroxyl groups is 2. The van der Waals surface area contributed by atoms with E-state index in [9.17, 15) is 14.7 Å². The highest BCUT2D eigenvalue weighted by atomic mass is 32.1. The van der Waals surface area contributed by atoms with E-state index in [1.807, 2.05) is 30.3 Å². The van der Waals surface area contributed by atoms with E-state index < -0.39 is 30.1 Å². The van der Waals surface area contributed by atoms with E-state index in [2.05, 4.69) is 4.98 Å². The molecule has 1 aromatic heterocycles. The third-order valence-corrected chi connectivity index (χ3v) is 4.42. The molecule has 1 aliphatic rings. The van der Waals surface area contributed by atoms with Gasteiger partial charge in [-0.25, -0.2) is 9.59 Å². The van der Waals surface area contributed by atoms with Crippen molar-refractivity contribution in [3.63, 3.8) is 0 Å². The molecule has 1 aromatic carbocycles. The van der Waals surface area contributed by atoms with Crippen LogP contribution in [0.15, 0.2) is 41.3 Å². The van der Waals surface area contributed by atoms with E-state index in [0.29, 0.717) is 0 Å². The Kier molecular flexibility index (Phi) is 5.62. The van der Waals surface area contributed by atoms with Gasteiger partial charge in [-0.05, 0) is 5.56 Å². The van der Waals surface area contributed by atoms with Gasteiger partial charge >= 0.3 is 11.7 Å². The molecule has 0 unspecified atom stereocenters. The summed E-state index contributed by atoms with van der Waals surface area (Å²) < 4.78 is 11.8. The molecule has 0 spiro atoms.